The van der Waals surface area contributed by atoms with Gasteiger partial charge in [0.05, 0.1) is 4.90 Å². The Bertz CT molecular complexity index is 549. The standard InChI is InChI=1S/C16H27N3O2S/c1-2-11-19-12-8-15(9-13-19)18-10-7-14-3-5-16(6-4-14)22(17,20)21/h3-6,15,18H,2,7-13H2,1H3,(H2,17,20,21). The van der Waals surface area contributed by atoms with Gasteiger partial charge in [0.15, 0.2) is 0 Å². The lowest BCUT2D eigenvalue weighted by atomic mass is 10.0. The number of rotatable bonds is 7. The SMILES string of the molecule is CCCN1CCC(NCCc2ccc(S(N)(=O)=O)cc2)CC1. The second-order valence-electron chi connectivity index (χ2n) is 6.01. The lowest BCUT2D eigenvalue weighted by Crippen LogP contribution is -2.43. The van der Waals surface area contributed by atoms with Gasteiger partial charge in [0.2, 0.25) is 10.0 Å². The van der Waals surface area contributed by atoms with Crippen LogP contribution >= 0.6 is 0 Å². The van der Waals surface area contributed by atoms with Gasteiger partial charge in [-0.1, -0.05) is 19.1 Å². The van der Waals surface area contributed by atoms with Crippen LogP contribution in [0.2, 0.25) is 0 Å². The summed E-state index contributed by atoms with van der Waals surface area (Å²) in [5.74, 6) is 0. The van der Waals surface area contributed by atoms with Gasteiger partial charge in [0.1, 0.15) is 0 Å². The molecule has 0 aliphatic carbocycles. The van der Waals surface area contributed by atoms with Gasteiger partial charge in [0, 0.05) is 6.04 Å². The zero-order valence-electron chi connectivity index (χ0n) is 13.3. The lowest BCUT2D eigenvalue weighted by Gasteiger charge is -2.32. The molecular formula is C16H27N3O2S. The Morgan fingerprint density at radius 1 is 1.23 bits per heavy atom. The second-order valence-corrected chi connectivity index (χ2v) is 7.57. The Labute approximate surface area is 133 Å². The van der Waals surface area contributed by atoms with Crippen molar-refractivity contribution in [2.75, 3.05) is 26.2 Å². The molecule has 0 amide bonds. The number of nitrogens with one attached hydrogen (secondary N) is 1. The topological polar surface area (TPSA) is 75.4 Å². The predicted octanol–water partition coefficient (Wildman–Crippen LogP) is 1.34. The quantitative estimate of drug-likeness (QED) is 0.793. The third-order valence-corrected chi connectivity index (χ3v) is 5.16. The van der Waals surface area contributed by atoms with Crippen LogP contribution in [-0.4, -0.2) is 45.5 Å². The molecule has 6 heteroatoms. The molecule has 1 aromatic rings. The largest absolute Gasteiger partial charge is 0.314 e. The first-order chi connectivity index (χ1) is 10.5. The fraction of sp³-hybridized carbons (Fsp3) is 0.625. The van der Waals surface area contributed by atoms with E-state index in [-0.39, 0.29) is 4.90 Å². The maximum absolute atomic E-state index is 11.2. The van der Waals surface area contributed by atoms with Crippen molar-refractivity contribution < 1.29 is 8.42 Å². The van der Waals surface area contributed by atoms with Crippen LogP contribution in [0.4, 0.5) is 0 Å². The summed E-state index contributed by atoms with van der Waals surface area (Å²) in [5.41, 5.74) is 1.13. The van der Waals surface area contributed by atoms with Gasteiger partial charge < -0.3 is 10.2 Å². The summed E-state index contributed by atoms with van der Waals surface area (Å²) in [5, 5.41) is 8.70. The number of sulfonamides is 1. The molecule has 124 valence electrons. The number of benzene rings is 1. The highest BCUT2D eigenvalue weighted by atomic mass is 32.2. The van der Waals surface area contributed by atoms with E-state index in [2.05, 4.69) is 17.1 Å². The molecule has 1 heterocycles. The van der Waals surface area contributed by atoms with E-state index in [1.54, 1.807) is 12.1 Å². The molecule has 0 radical (unpaired) electrons. The number of primary sulfonamides is 1. The molecule has 1 aliphatic rings. The average Bonchev–Trinajstić information content (AvgIpc) is 2.49. The van der Waals surface area contributed by atoms with E-state index in [9.17, 15) is 8.42 Å². The molecule has 0 bridgehead atoms. The summed E-state index contributed by atoms with van der Waals surface area (Å²) in [4.78, 5) is 2.71. The summed E-state index contributed by atoms with van der Waals surface area (Å²) >= 11 is 0. The highest BCUT2D eigenvalue weighted by Crippen LogP contribution is 2.12. The molecule has 2 rings (SSSR count). The maximum atomic E-state index is 11.2. The van der Waals surface area contributed by atoms with E-state index in [0.717, 1.165) is 18.5 Å². The molecule has 22 heavy (non-hydrogen) atoms. The zero-order valence-corrected chi connectivity index (χ0v) is 14.1. The number of nitrogens with two attached hydrogens (primary N) is 1. The molecule has 0 unspecified atom stereocenters. The van der Waals surface area contributed by atoms with Crippen LogP contribution in [0.15, 0.2) is 29.2 Å². The number of piperidine rings is 1. The van der Waals surface area contributed by atoms with Crippen LogP contribution in [0.5, 0.6) is 0 Å². The number of nitrogens with zero attached hydrogens (tertiary/aromatic N) is 1. The predicted molar refractivity (Wildman–Crippen MR) is 89.3 cm³/mol. The van der Waals surface area contributed by atoms with Crippen molar-refractivity contribution in [2.45, 2.75) is 43.5 Å². The van der Waals surface area contributed by atoms with E-state index in [0.29, 0.717) is 6.04 Å². The normalized spacial score (nSPS) is 17.7. The maximum Gasteiger partial charge on any atom is 0.238 e. The van der Waals surface area contributed by atoms with Crippen LogP contribution in [0.25, 0.3) is 0 Å². The van der Waals surface area contributed by atoms with Gasteiger partial charge in [-0.15, -0.1) is 0 Å². The van der Waals surface area contributed by atoms with Crippen molar-refractivity contribution >= 4 is 10.0 Å². The molecular weight excluding hydrogens is 298 g/mol. The summed E-state index contributed by atoms with van der Waals surface area (Å²) < 4.78 is 22.4. The zero-order chi connectivity index (χ0) is 16.0. The fourth-order valence-electron chi connectivity index (χ4n) is 2.94. The molecule has 0 spiro atoms. The molecule has 0 saturated carbocycles. The minimum atomic E-state index is -3.59. The average molecular weight is 325 g/mol. The van der Waals surface area contributed by atoms with Crippen molar-refractivity contribution in [3.8, 4) is 0 Å². The summed E-state index contributed by atoms with van der Waals surface area (Å²) in [6.07, 6.45) is 4.56. The Kier molecular flexibility index (Phi) is 6.37. The fourth-order valence-corrected chi connectivity index (χ4v) is 3.46. The van der Waals surface area contributed by atoms with E-state index in [1.165, 1.54) is 38.9 Å². The van der Waals surface area contributed by atoms with Gasteiger partial charge in [-0.05, 0) is 69.6 Å². The Morgan fingerprint density at radius 3 is 2.41 bits per heavy atom. The van der Waals surface area contributed by atoms with Gasteiger partial charge in [-0.25, -0.2) is 13.6 Å². The summed E-state index contributed by atoms with van der Waals surface area (Å²) in [7, 11) is -3.59. The monoisotopic (exact) mass is 325 g/mol. The van der Waals surface area contributed by atoms with E-state index in [4.69, 9.17) is 5.14 Å². The van der Waals surface area contributed by atoms with Crippen molar-refractivity contribution in [3.63, 3.8) is 0 Å². The van der Waals surface area contributed by atoms with Crippen LogP contribution in [0, 0.1) is 0 Å². The molecule has 0 atom stereocenters. The van der Waals surface area contributed by atoms with Gasteiger partial charge in [0.25, 0.3) is 0 Å². The number of likely N-dealkylation sites (tertiary alicyclic amines) is 1. The Hall–Kier alpha value is -0.950. The summed E-state index contributed by atoms with van der Waals surface area (Å²) in [6.45, 7) is 6.74. The van der Waals surface area contributed by atoms with Gasteiger partial charge >= 0.3 is 0 Å². The third-order valence-electron chi connectivity index (χ3n) is 4.23. The van der Waals surface area contributed by atoms with Gasteiger partial charge in [-0.3, -0.25) is 0 Å². The Morgan fingerprint density at radius 2 is 1.86 bits per heavy atom. The van der Waals surface area contributed by atoms with Crippen molar-refractivity contribution in [1.82, 2.24) is 10.2 Å². The molecule has 3 N–H and O–H groups in total. The van der Waals surface area contributed by atoms with Gasteiger partial charge in [-0.2, -0.15) is 0 Å². The molecule has 1 saturated heterocycles. The molecule has 0 aromatic heterocycles. The molecule has 1 aromatic carbocycles. The van der Waals surface area contributed by atoms with E-state index in [1.807, 2.05) is 12.1 Å². The van der Waals surface area contributed by atoms with Crippen LogP contribution in [0.3, 0.4) is 0 Å². The highest BCUT2D eigenvalue weighted by Gasteiger charge is 2.17. The number of hydrogen-bond acceptors (Lipinski definition) is 4. The third kappa shape index (κ3) is 5.35. The Balaban J connectivity index is 1.71. The van der Waals surface area contributed by atoms with E-state index >= 15 is 0 Å². The minimum absolute atomic E-state index is 0.174. The smallest absolute Gasteiger partial charge is 0.238 e. The van der Waals surface area contributed by atoms with Crippen molar-refractivity contribution in [2.24, 2.45) is 5.14 Å². The molecule has 1 aliphatic heterocycles. The van der Waals surface area contributed by atoms with Crippen LogP contribution < -0.4 is 10.5 Å². The summed E-state index contributed by atoms with van der Waals surface area (Å²) in [6, 6.07) is 7.44. The molecule has 5 nitrogen and oxygen atoms in total. The molecule has 1 fully saturated rings. The lowest BCUT2D eigenvalue weighted by molar-refractivity contribution is 0.198. The first-order valence-electron chi connectivity index (χ1n) is 8.06. The number of hydrogen-bond donors (Lipinski definition) is 2. The first kappa shape index (κ1) is 17.4. The second kappa shape index (κ2) is 8.06. The highest BCUT2D eigenvalue weighted by molar-refractivity contribution is 7.89. The van der Waals surface area contributed by atoms with Crippen LogP contribution in [0.1, 0.15) is 31.7 Å². The van der Waals surface area contributed by atoms with E-state index < -0.39 is 10.0 Å². The van der Waals surface area contributed by atoms with Crippen LogP contribution in [-0.2, 0) is 16.4 Å². The van der Waals surface area contributed by atoms with Crippen molar-refractivity contribution in [1.29, 1.82) is 0 Å². The first-order valence-corrected chi connectivity index (χ1v) is 9.61. The van der Waals surface area contributed by atoms with Crippen molar-refractivity contribution in [3.05, 3.63) is 29.8 Å². The minimum Gasteiger partial charge on any atom is -0.314 e.